The first-order chi connectivity index (χ1) is 11.8. The second-order valence-corrected chi connectivity index (χ2v) is 6.30. The third-order valence-electron chi connectivity index (χ3n) is 3.70. The first kappa shape index (κ1) is 16.5. The van der Waals surface area contributed by atoms with Crippen LogP contribution in [0, 0.1) is 0 Å². The van der Waals surface area contributed by atoms with E-state index in [0.717, 1.165) is 29.3 Å². The van der Waals surface area contributed by atoms with E-state index in [9.17, 15) is 4.79 Å². The van der Waals surface area contributed by atoms with Gasteiger partial charge in [0.2, 0.25) is 5.91 Å². The van der Waals surface area contributed by atoms with Crippen molar-refractivity contribution in [2.45, 2.75) is 25.0 Å². The van der Waals surface area contributed by atoms with Crippen LogP contribution in [0.15, 0.2) is 53.8 Å². The average molecular weight is 340 g/mol. The molecule has 1 N–H and O–H groups in total. The quantitative estimate of drug-likeness (QED) is 0.672. The fourth-order valence-electron chi connectivity index (χ4n) is 2.50. The highest BCUT2D eigenvalue weighted by Crippen LogP contribution is 2.22. The Hall–Kier alpha value is -2.34. The second kappa shape index (κ2) is 7.97. The predicted molar refractivity (Wildman–Crippen MR) is 97.1 cm³/mol. The Morgan fingerprint density at radius 1 is 1.21 bits per heavy atom. The van der Waals surface area contributed by atoms with Crippen LogP contribution in [-0.2, 0) is 17.8 Å². The number of nitrogens with zero attached hydrogens (tertiary/aromatic N) is 3. The standard InChI is InChI=1S/C18H20N4OS/c1-2-22-17-15(9-6-11-20-17)21-18(22)24-13-16(23)19-12-10-14-7-4-3-5-8-14/h3-9,11H,2,10,12-13H2,1H3,(H,19,23). The molecule has 0 saturated carbocycles. The van der Waals surface area contributed by atoms with Crippen LogP contribution in [0.3, 0.4) is 0 Å². The summed E-state index contributed by atoms with van der Waals surface area (Å²) in [7, 11) is 0. The first-order valence-corrected chi connectivity index (χ1v) is 9.01. The Balaban J connectivity index is 1.53. The molecule has 0 fully saturated rings. The number of nitrogens with one attached hydrogen (secondary N) is 1. The maximum atomic E-state index is 12.0. The predicted octanol–water partition coefficient (Wildman–Crippen LogP) is 2.90. The molecule has 0 unspecified atom stereocenters. The van der Waals surface area contributed by atoms with Crippen LogP contribution in [-0.4, -0.2) is 32.7 Å². The third kappa shape index (κ3) is 3.94. The topological polar surface area (TPSA) is 59.8 Å². The summed E-state index contributed by atoms with van der Waals surface area (Å²) in [4.78, 5) is 21.0. The van der Waals surface area contributed by atoms with E-state index in [4.69, 9.17) is 0 Å². The summed E-state index contributed by atoms with van der Waals surface area (Å²) in [6, 6.07) is 14.0. The molecular weight excluding hydrogens is 320 g/mol. The van der Waals surface area contributed by atoms with E-state index in [1.54, 1.807) is 6.20 Å². The number of hydrogen-bond acceptors (Lipinski definition) is 4. The summed E-state index contributed by atoms with van der Waals surface area (Å²) in [5.74, 6) is 0.386. The average Bonchev–Trinajstić information content (AvgIpc) is 2.98. The van der Waals surface area contributed by atoms with Crippen molar-refractivity contribution in [1.82, 2.24) is 19.9 Å². The first-order valence-electron chi connectivity index (χ1n) is 8.02. The molecule has 0 atom stereocenters. The third-order valence-corrected chi connectivity index (χ3v) is 4.67. The second-order valence-electron chi connectivity index (χ2n) is 5.36. The number of aromatic nitrogens is 3. The molecule has 2 heterocycles. The number of rotatable bonds is 7. The smallest absolute Gasteiger partial charge is 0.230 e. The van der Waals surface area contributed by atoms with Crippen molar-refractivity contribution in [3.63, 3.8) is 0 Å². The molecule has 6 heteroatoms. The summed E-state index contributed by atoms with van der Waals surface area (Å²) in [5, 5.41) is 3.80. The number of thioether (sulfide) groups is 1. The molecule has 1 aromatic carbocycles. The Labute approximate surface area is 145 Å². The van der Waals surface area contributed by atoms with Crippen LogP contribution in [0.2, 0.25) is 0 Å². The Morgan fingerprint density at radius 2 is 2.04 bits per heavy atom. The minimum absolute atomic E-state index is 0.0265. The molecule has 0 radical (unpaired) electrons. The molecule has 0 saturated heterocycles. The van der Waals surface area contributed by atoms with Gasteiger partial charge in [0, 0.05) is 19.3 Å². The highest BCUT2D eigenvalue weighted by Gasteiger charge is 2.12. The van der Waals surface area contributed by atoms with Crippen LogP contribution in [0.25, 0.3) is 11.2 Å². The van der Waals surface area contributed by atoms with Gasteiger partial charge >= 0.3 is 0 Å². The van der Waals surface area contributed by atoms with Gasteiger partial charge in [-0.1, -0.05) is 42.1 Å². The number of pyridine rings is 1. The highest BCUT2D eigenvalue weighted by atomic mass is 32.2. The van der Waals surface area contributed by atoms with Gasteiger partial charge in [-0.15, -0.1) is 0 Å². The Morgan fingerprint density at radius 3 is 2.83 bits per heavy atom. The molecule has 3 aromatic rings. The van der Waals surface area contributed by atoms with E-state index < -0.39 is 0 Å². The Kier molecular flexibility index (Phi) is 5.48. The van der Waals surface area contributed by atoms with Gasteiger partial charge in [0.15, 0.2) is 10.8 Å². The number of carbonyl (C=O) groups is 1. The molecule has 2 aromatic heterocycles. The van der Waals surface area contributed by atoms with Gasteiger partial charge in [0.25, 0.3) is 0 Å². The van der Waals surface area contributed by atoms with Gasteiger partial charge in [0.05, 0.1) is 5.75 Å². The lowest BCUT2D eigenvalue weighted by Crippen LogP contribution is -2.27. The van der Waals surface area contributed by atoms with Crippen LogP contribution >= 0.6 is 11.8 Å². The van der Waals surface area contributed by atoms with E-state index in [1.807, 2.05) is 34.9 Å². The lowest BCUT2D eigenvalue weighted by molar-refractivity contribution is -0.118. The fraction of sp³-hybridized carbons (Fsp3) is 0.278. The largest absolute Gasteiger partial charge is 0.355 e. The van der Waals surface area contributed by atoms with Crippen LogP contribution in [0.5, 0.6) is 0 Å². The minimum atomic E-state index is 0.0265. The van der Waals surface area contributed by atoms with Gasteiger partial charge in [0.1, 0.15) is 5.52 Å². The van der Waals surface area contributed by atoms with E-state index in [0.29, 0.717) is 12.3 Å². The molecule has 0 spiro atoms. The summed E-state index contributed by atoms with van der Waals surface area (Å²) < 4.78 is 2.04. The van der Waals surface area contributed by atoms with E-state index in [2.05, 4.69) is 34.3 Å². The monoisotopic (exact) mass is 340 g/mol. The van der Waals surface area contributed by atoms with E-state index in [-0.39, 0.29) is 5.91 Å². The molecule has 0 aliphatic carbocycles. The Bertz CT molecular complexity index is 816. The van der Waals surface area contributed by atoms with Crippen molar-refractivity contribution in [2.75, 3.05) is 12.3 Å². The number of imidazole rings is 1. The SMILES string of the molecule is CCn1c(SCC(=O)NCCc2ccccc2)nc2cccnc21. The number of benzene rings is 1. The van der Waals surface area contributed by atoms with Crippen molar-refractivity contribution in [3.05, 3.63) is 54.2 Å². The van der Waals surface area contributed by atoms with Gasteiger partial charge in [-0.2, -0.15) is 0 Å². The minimum Gasteiger partial charge on any atom is -0.355 e. The molecule has 0 bridgehead atoms. The lowest BCUT2D eigenvalue weighted by Gasteiger charge is -2.06. The lowest BCUT2D eigenvalue weighted by atomic mass is 10.1. The van der Waals surface area contributed by atoms with Crippen molar-refractivity contribution < 1.29 is 4.79 Å². The maximum Gasteiger partial charge on any atom is 0.230 e. The molecule has 0 aliphatic rings. The van der Waals surface area contributed by atoms with Crippen LogP contribution in [0.1, 0.15) is 12.5 Å². The molecule has 0 aliphatic heterocycles. The van der Waals surface area contributed by atoms with Gasteiger partial charge < -0.3 is 9.88 Å². The zero-order chi connectivity index (χ0) is 16.8. The van der Waals surface area contributed by atoms with Gasteiger partial charge in [-0.3, -0.25) is 4.79 Å². The molecule has 124 valence electrons. The van der Waals surface area contributed by atoms with Crippen molar-refractivity contribution in [2.24, 2.45) is 0 Å². The summed E-state index contributed by atoms with van der Waals surface area (Å²) in [6.07, 6.45) is 2.61. The number of fused-ring (bicyclic) bond motifs is 1. The number of amides is 1. The summed E-state index contributed by atoms with van der Waals surface area (Å²) >= 11 is 1.45. The normalized spacial score (nSPS) is 10.9. The molecule has 24 heavy (non-hydrogen) atoms. The zero-order valence-corrected chi connectivity index (χ0v) is 14.4. The fourth-order valence-corrected chi connectivity index (χ4v) is 3.40. The van der Waals surface area contributed by atoms with Crippen molar-refractivity contribution in [3.8, 4) is 0 Å². The molecular formula is C18H20N4OS. The number of hydrogen-bond donors (Lipinski definition) is 1. The molecule has 5 nitrogen and oxygen atoms in total. The van der Waals surface area contributed by atoms with E-state index in [1.165, 1.54) is 17.3 Å². The van der Waals surface area contributed by atoms with Gasteiger partial charge in [-0.25, -0.2) is 9.97 Å². The van der Waals surface area contributed by atoms with Crippen molar-refractivity contribution >= 4 is 28.8 Å². The van der Waals surface area contributed by atoms with Crippen LogP contribution < -0.4 is 5.32 Å². The van der Waals surface area contributed by atoms with Crippen molar-refractivity contribution in [1.29, 1.82) is 0 Å². The molecule has 1 amide bonds. The number of aryl methyl sites for hydroxylation is 1. The summed E-state index contributed by atoms with van der Waals surface area (Å²) in [5.41, 5.74) is 2.96. The van der Waals surface area contributed by atoms with E-state index >= 15 is 0 Å². The van der Waals surface area contributed by atoms with Gasteiger partial charge in [-0.05, 0) is 31.0 Å². The zero-order valence-electron chi connectivity index (χ0n) is 13.6. The highest BCUT2D eigenvalue weighted by molar-refractivity contribution is 7.99. The molecule has 3 rings (SSSR count). The number of carbonyl (C=O) groups excluding carboxylic acids is 1. The maximum absolute atomic E-state index is 12.0. The summed E-state index contributed by atoms with van der Waals surface area (Å²) in [6.45, 7) is 3.49. The van der Waals surface area contributed by atoms with Crippen LogP contribution in [0.4, 0.5) is 0 Å².